The number of nitrogens with zero attached hydrogens (tertiary/aromatic N) is 2. The van der Waals surface area contributed by atoms with Gasteiger partial charge in [0.25, 0.3) is 0 Å². The number of hydrogen-bond acceptors (Lipinski definition) is 2. The summed E-state index contributed by atoms with van der Waals surface area (Å²) in [5.41, 5.74) is 0. The fourth-order valence-corrected chi connectivity index (χ4v) is 1.81. The maximum absolute atomic E-state index is 8.63. The third kappa shape index (κ3) is 2.73. The van der Waals surface area contributed by atoms with Crippen LogP contribution in [0.25, 0.3) is 0 Å². The van der Waals surface area contributed by atoms with E-state index in [0.717, 1.165) is 19.0 Å². The summed E-state index contributed by atoms with van der Waals surface area (Å²) in [5.74, 6) is 0.898. The van der Waals surface area contributed by atoms with Crippen molar-refractivity contribution in [2.24, 2.45) is 5.92 Å². The van der Waals surface area contributed by atoms with E-state index in [-0.39, 0.29) is 0 Å². The van der Waals surface area contributed by atoms with Gasteiger partial charge in [-0.05, 0) is 18.8 Å². The van der Waals surface area contributed by atoms with E-state index in [9.17, 15) is 0 Å². The molecule has 1 fully saturated rings. The molecule has 0 saturated carbocycles. The van der Waals surface area contributed by atoms with Crippen LogP contribution in [0.5, 0.6) is 0 Å². The van der Waals surface area contributed by atoms with Crippen LogP contribution in [0.2, 0.25) is 0 Å². The van der Waals surface area contributed by atoms with Crippen molar-refractivity contribution in [3.05, 3.63) is 0 Å². The van der Waals surface area contributed by atoms with Crippen LogP contribution < -0.4 is 0 Å². The minimum absolute atomic E-state index is 0.898. The molecule has 0 spiro atoms. The van der Waals surface area contributed by atoms with Crippen molar-refractivity contribution in [2.75, 3.05) is 13.1 Å². The molecule has 1 heterocycles. The summed E-state index contributed by atoms with van der Waals surface area (Å²) in [6, 6.07) is 0. The van der Waals surface area contributed by atoms with Crippen LogP contribution in [0.1, 0.15) is 39.0 Å². The molecule has 0 amide bonds. The number of unbranched alkanes of at least 4 members (excludes halogenated alkanes) is 1. The summed E-state index contributed by atoms with van der Waals surface area (Å²) < 4.78 is 0. The molecule has 2 heteroatoms. The Morgan fingerprint density at radius 2 is 2.08 bits per heavy atom. The summed E-state index contributed by atoms with van der Waals surface area (Å²) in [7, 11) is 0. The van der Waals surface area contributed by atoms with Crippen LogP contribution in [0.3, 0.4) is 0 Å². The fraction of sp³-hybridized carbons (Fsp3) is 0.900. The van der Waals surface area contributed by atoms with Gasteiger partial charge in [0.15, 0.2) is 6.19 Å². The maximum atomic E-state index is 8.63. The Labute approximate surface area is 75.2 Å². The predicted molar refractivity (Wildman–Crippen MR) is 49.4 cm³/mol. The smallest absolute Gasteiger partial charge is 0.179 e. The van der Waals surface area contributed by atoms with Crippen molar-refractivity contribution in [1.82, 2.24) is 4.90 Å². The van der Waals surface area contributed by atoms with Gasteiger partial charge in [-0.2, -0.15) is 5.26 Å². The number of rotatable bonds is 3. The first-order chi connectivity index (χ1) is 5.86. The van der Waals surface area contributed by atoms with E-state index in [0.29, 0.717) is 0 Å². The molecule has 68 valence electrons. The van der Waals surface area contributed by atoms with Gasteiger partial charge in [0.1, 0.15) is 0 Å². The lowest BCUT2D eigenvalue weighted by molar-refractivity contribution is 0.240. The Morgan fingerprint density at radius 3 is 2.58 bits per heavy atom. The molecular weight excluding hydrogens is 148 g/mol. The second-order valence-corrected chi connectivity index (χ2v) is 3.67. The zero-order valence-electron chi connectivity index (χ0n) is 7.92. The zero-order chi connectivity index (χ0) is 8.81. The quantitative estimate of drug-likeness (QED) is 0.602. The standard InChI is InChI=1S/C10H18N2/c1-2-3-4-10-5-7-12(9-11)8-6-10/h10H,2-8H2,1H3. The molecule has 0 aromatic carbocycles. The van der Waals surface area contributed by atoms with Gasteiger partial charge in [-0.25, -0.2) is 0 Å². The molecule has 1 saturated heterocycles. The summed E-state index contributed by atoms with van der Waals surface area (Å²) in [6.07, 6.45) is 8.71. The molecule has 2 nitrogen and oxygen atoms in total. The molecule has 0 N–H and O–H groups in total. The van der Waals surface area contributed by atoms with E-state index in [1.54, 1.807) is 0 Å². The van der Waals surface area contributed by atoms with E-state index in [2.05, 4.69) is 13.1 Å². The third-order valence-corrected chi connectivity index (χ3v) is 2.72. The molecule has 1 aliphatic heterocycles. The molecule has 0 bridgehead atoms. The predicted octanol–water partition coefficient (Wildman–Crippen LogP) is 2.37. The van der Waals surface area contributed by atoms with E-state index < -0.39 is 0 Å². The molecule has 1 rings (SSSR count). The van der Waals surface area contributed by atoms with Crippen molar-refractivity contribution >= 4 is 0 Å². The van der Waals surface area contributed by atoms with E-state index in [1.807, 2.05) is 4.90 Å². The zero-order valence-corrected chi connectivity index (χ0v) is 7.92. The molecule has 0 atom stereocenters. The van der Waals surface area contributed by atoms with Crippen LogP contribution in [0.15, 0.2) is 0 Å². The van der Waals surface area contributed by atoms with Crippen LogP contribution in [-0.4, -0.2) is 18.0 Å². The molecule has 0 radical (unpaired) electrons. The second kappa shape index (κ2) is 5.03. The van der Waals surface area contributed by atoms with Crippen molar-refractivity contribution < 1.29 is 0 Å². The van der Waals surface area contributed by atoms with Gasteiger partial charge in [-0.15, -0.1) is 0 Å². The molecule has 0 aliphatic carbocycles. The highest BCUT2D eigenvalue weighted by atomic mass is 15.1. The molecule has 1 aliphatic rings. The Kier molecular flexibility index (Phi) is 3.93. The third-order valence-electron chi connectivity index (χ3n) is 2.72. The van der Waals surface area contributed by atoms with Crippen LogP contribution >= 0.6 is 0 Å². The Bertz CT molecular complexity index is 152. The monoisotopic (exact) mass is 166 g/mol. The highest BCUT2D eigenvalue weighted by molar-refractivity contribution is 4.80. The van der Waals surface area contributed by atoms with Gasteiger partial charge in [0, 0.05) is 13.1 Å². The number of piperidine rings is 1. The molecular formula is C10H18N2. The average Bonchev–Trinajstić information content (AvgIpc) is 2.15. The Balaban J connectivity index is 2.14. The average molecular weight is 166 g/mol. The van der Waals surface area contributed by atoms with Gasteiger partial charge in [0.2, 0.25) is 0 Å². The Morgan fingerprint density at radius 1 is 1.42 bits per heavy atom. The van der Waals surface area contributed by atoms with E-state index >= 15 is 0 Å². The van der Waals surface area contributed by atoms with Crippen molar-refractivity contribution in [3.8, 4) is 6.19 Å². The highest BCUT2D eigenvalue weighted by Gasteiger charge is 2.16. The molecule has 0 aromatic rings. The normalized spacial score (nSPS) is 19.2. The van der Waals surface area contributed by atoms with Gasteiger partial charge in [-0.3, -0.25) is 0 Å². The SMILES string of the molecule is CCCCC1CCN(C#N)CC1. The first-order valence-corrected chi connectivity index (χ1v) is 5.01. The number of hydrogen-bond donors (Lipinski definition) is 0. The van der Waals surface area contributed by atoms with Crippen molar-refractivity contribution in [1.29, 1.82) is 5.26 Å². The summed E-state index contributed by atoms with van der Waals surface area (Å²) in [6.45, 7) is 4.22. The fourth-order valence-electron chi connectivity index (χ4n) is 1.81. The summed E-state index contributed by atoms with van der Waals surface area (Å²) in [5, 5.41) is 8.63. The molecule has 0 unspecified atom stereocenters. The summed E-state index contributed by atoms with van der Waals surface area (Å²) in [4.78, 5) is 1.88. The highest BCUT2D eigenvalue weighted by Crippen LogP contribution is 2.21. The second-order valence-electron chi connectivity index (χ2n) is 3.67. The first-order valence-electron chi connectivity index (χ1n) is 5.01. The maximum Gasteiger partial charge on any atom is 0.179 e. The van der Waals surface area contributed by atoms with Crippen LogP contribution in [0, 0.1) is 17.4 Å². The minimum Gasteiger partial charge on any atom is -0.311 e. The topological polar surface area (TPSA) is 27.0 Å². The van der Waals surface area contributed by atoms with Crippen molar-refractivity contribution in [2.45, 2.75) is 39.0 Å². The van der Waals surface area contributed by atoms with E-state index in [1.165, 1.54) is 32.1 Å². The Hall–Kier alpha value is -0.710. The van der Waals surface area contributed by atoms with Gasteiger partial charge in [0.05, 0.1) is 0 Å². The minimum atomic E-state index is 0.898. The van der Waals surface area contributed by atoms with Crippen LogP contribution in [-0.2, 0) is 0 Å². The lowest BCUT2D eigenvalue weighted by Gasteiger charge is -2.27. The molecule has 0 aromatic heterocycles. The van der Waals surface area contributed by atoms with Crippen molar-refractivity contribution in [3.63, 3.8) is 0 Å². The number of nitriles is 1. The van der Waals surface area contributed by atoms with E-state index in [4.69, 9.17) is 5.26 Å². The van der Waals surface area contributed by atoms with Gasteiger partial charge >= 0.3 is 0 Å². The first kappa shape index (κ1) is 9.38. The lowest BCUT2D eigenvalue weighted by Crippen LogP contribution is -2.29. The lowest BCUT2D eigenvalue weighted by atomic mass is 9.92. The van der Waals surface area contributed by atoms with Gasteiger partial charge in [-0.1, -0.05) is 26.2 Å². The largest absolute Gasteiger partial charge is 0.311 e. The molecule has 12 heavy (non-hydrogen) atoms. The number of likely N-dealkylation sites (tertiary alicyclic amines) is 1. The van der Waals surface area contributed by atoms with Gasteiger partial charge < -0.3 is 4.90 Å². The summed E-state index contributed by atoms with van der Waals surface area (Å²) >= 11 is 0. The van der Waals surface area contributed by atoms with Crippen LogP contribution in [0.4, 0.5) is 0 Å².